The molecule has 1 aromatic carbocycles. The Bertz CT molecular complexity index is 568. The molecule has 0 atom stereocenters. The lowest BCUT2D eigenvalue weighted by atomic mass is 10.1. The second-order valence-corrected chi connectivity index (χ2v) is 5.66. The normalized spacial score (nSPS) is 14.7. The van der Waals surface area contributed by atoms with Crippen LogP contribution in [0, 0.1) is 0 Å². The number of aromatic nitrogens is 1. The Morgan fingerprint density at radius 2 is 2.00 bits per heavy atom. The second-order valence-electron chi connectivity index (χ2n) is 4.50. The molecule has 1 aliphatic rings. The number of carbonyl (C=O) groups excluding carboxylic acids is 1. The lowest BCUT2D eigenvalue weighted by Crippen LogP contribution is -2.03. The van der Waals surface area contributed by atoms with Gasteiger partial charge in [0.2, 0.25) is 0 Å². The van der Waals surface area contributed by atoms with Crippen molar-refractivity contribution in [3.63, 3.8) is 0 Å². The number of Topliss-reactive ketones (excluding diaryl/α,β-unsaturated/α-hetero) is 1. The number of ketones is 1. The molecule has 0 bridgehead atoms. The summed E-state index contributed by atoms with van der Waals surface area (Å²) in [6.07, 6.45) is 2.05. The van der Waals surface area contributed by atoms with E-state index >= 15 is 0 Å². The third-order valence-electron chi connectivity index (χ3n) is 3.33. The number of halogens is 1. The lowest BCUT2D eigenvalue weighted by molar-refractivity contribution is 0.101. The van der Waals surface area contributed by atoms with E-state index in [1.165, 1.54) is 11.1 Å². The van der Waals surface area contributed by atoms with E-state index in [-0.39, 0.29) is 11.7 Å². The molecule has 0 aliphatic heterocycles. The number of hydrogen-bond acceptors (Lipinski definition) is 3. The summed E-state index contributed by atoms with van der Waals surface area (Å²) in [5.74, 6) is 0.340. The largest absolute Gasteiger partial charge is 0.291 e. The quantitative estimate of drug-likeness (QED) is 0.635. The molecule has 4 heteroatoms. The van der Waals surface area contributed by atoms with Crippen molar-refractivity contribution >= 4 is 28.7 Å². The molecule has 0 fully saturated rings. The van der Waals surface area contributed by atoms with E-state index in [0.717, 1.165) is 17.8 Å². The number of rotatable bonds is 3. The van der Waals surface area contributed by atoms with Crippen molar-refractivity contribution in [2.45, 2.75) is 18.8 Å². The molecule has 1 aliphatic carbocycles. The fraction of sp³-hybridized carbons (Fsp3) is 0.286. The molecule has 18 heavy (non-hydrogen) atoms. The van der Waals surface area contributed by atoms with Crippen LogP contribution in [0.4, 0.5) is 0 Å². The number of carbonyl (C=O) groups is 1. The zero-order valence-electron chi connectivity index (χ0n) is 9.73. The van der Waals surface area contributed by atoms with E-state index in [0.29, 0.717) is 11.6 Å². The standard InChI is InChI=1S/C14H12ClNOS/c15-7-13(17)12-8-18-14(16-12)11-5-9-3-1-2-4-10(9)6-11/h1-4,8,11H,5-7H2. The first-order valence-corrected chi connectivity index (χ1v) is 7.30. The van der Waals surface area contributed by atoms with E-state index < -0.39 is 0 Å². The number of fused-ring (bicyclic) bond motifs is 1. The predicted molar refractivity (Wildman–Crippen MR) is 73.8 cm³/mol. The van der Waals surface area contributed by atoms with Crippen LogP contribution >= 0.6 is 22.9 Å². The molecule has 2 aromatic rings. The Balaban J connectivity index is 1.82. The fourth-order valence-electron chi connectivity index (χ4n) is 2.41. The monoisotopic (exact) mass is 277 g/mol. The van der Waals surface area contributed by atoms with Crippen molar-refractivity contribution in [2.75, 3.05) is 5.88 Å². The van der Waals surface area contributed by atoms with E-state index in [2.05, 4.69) is 29.2 Å². The molecule has 2 nitrogen and oxygen atoms in total. The third kappa shape index (κ3) is 2.08. The highest BCUT2D eigenvalue weighted by Gasteiger charge is 2.25. The van der Waals surface area contributed by atoms with Crippen LogP contribution in [-0.4, -0.2) is 16.6 Å². The summed E-state index contributed by atoms with van der Waals surface area (Å²) < 4.78 is 0. The van der Waals surface area contributed by atoms with Gasteiger partial charge in [0.05, 0.1) is 10.9 Å². The maximum absolute atomic E-state index is 11.5. The van der Waals surface area contributed by atoms with Gasteiger partial charge < -0.3 is 0 Å². The number of nitrogens with zero attached hydrogens (tertiary/aromatic N) is 1. The third-order valence-corrected chi connectivity index (χ3v) is 4.58. The Morgan fingerprint density at radius 3 is 2.61 bits per heavy atom. The molecular formula is C14H12ClNOS. The highest BCUT2D eigenvalue weighted by atomic mass is 35.5. The Labute approximate surface area is 115 Å². The Kier molecular flexibility index (Phi) is 3.18. The van der Waals surface area contributed by atoms with Crippen LogP contribution in [0.25, 0.3) is 0 Å². The maximum Gasteiger partial charge on any atom is 0.196 e. The van der Waals surface area contributed by atoms with E-state index in [1.807, 2.05) is 5.38 Å². The number of alkyl halides is 1. The van der Waals surface area contributed by atoms with Crippen molar-refractivity contribution in [3.05, 3.63) is 51.5 Å². The molecule has 0 unspecified atom stereocenters. The van der Waals surface area contributed by atoms with Crippen molar-refractivity contribution in [1.82, 2.24) is 4.98 Å². The molecule has 0 amide bonds. The Morgan fingerprint density at radius 1 is 1.33 bits per heavy atom. The highest BCUT2D eigenvalue weighted by Crippen LogP contribution is 2.35. The summed E-state index contributed by atoms with van der Waals surface area (Å²) in [7, 11) is 0. The van der Waals surface area contributed by atoms with Crippen LogP contribution in [0.5, 0.6) is 0 Å². The smallest absolute Gasteiger partial charge is 0.196 e. The molecular weight excluding hydrogens is 266 g/mol. The van der Waals surface area contributed by atoms with Crippen molar-refractivity contribution < 1.29 is 4.79 Å². The molecule has 0 saturated carbocycles. The highest BCUT2D eigenvalue weighted by molar-refractivity contribution is 7.10. The fourth-order valence-corrected chi connectivity index (χ4v) is 3.47. The summed E-state index contributed by atoms with van der Waals surface area (Å²) in [5, 5.41) is 2.88. The van der Waals surface area contributed by atoms with Crippen LogP contribution in [0.2, 0.25) is 0 Å². The van der Waals surface area contributed by atoms with Gasteiger partial charge in [0.1, 0.15) is 5.69 Å². The molecule has 0 radical (unpaired) electrons. The van der Waals surface area contributed by atoms with Gasteiger partial charge >= 0.3 is 0 Å². The topological polar surface area (TPSA) is 30.0 Å². The van der Waals surface area contributed by atoms with E-state index in [1.54, 1.807) is 11.3 Å². The molecule has 0 saturated heterocycles. The van der Waals surface area contributed by atoms with Crippen LogP contribution < -0.4 is 0 Å². The molecule has 1 aromatic heterocycles. The van der Waals surface area contributed by atoms with Crippen molar-refractivity contribution in [1.29, 1.82) is 0 Å². The van der Waals surface area contributed by atoms with Gasteiger partial charge in [0.15, 0.2) is 5.78 Å². The van der Waals surface area contributed by atoms with E-state index in [9.17, 15) is 4.79 Å². The van der Waals surface area contributed by atoms with Crippen LogP contribution in [-0.2, 0) is 12.8 Å². The summed E-state index contributed by atoms with van der Waals surface area (Å²) in [4.78, 5) is 15.9. The summed E-state index contributed by atoms with van der Waals surface area (Å²) in [5.41, 5.74) is 3.33. The number of benzene rings is 1. The molecule has 0 N–H and O–H groups in total. The summed E-state index contributed by atoms with van der Waals surface area (Å²) in [6, 6.07) is 8.50. The van der Waals surface area contributed by atoms with Gasteiger partial charge in [0.25, 0.3) is 0 Å². The van der Waals surface area contributed by atoms with Crippen LogP contribution in [0.1, 0.15) is 32.5 Å². The lowest BCUT2D eigenvalue weighted by Gasteiger charge is -2.03. The molecule has 1 heterocycles. The summed E-state index contributed by atoms with van der Waals surface area (Å²) in [6.45, 7) is 0. The number of thiazole rings is 1. The van der Waals surface area contributed by atoms with Gasteiger partial charge in [0, 0.05) is 11.3 Å². The first-order chi connectivity index (χ1) is 8.78. The molecule has 3 rings (SSSR count). The van der Waals surface area contributed by atoms with Crippen LogP contribution in [0.3, 0.4) is 0 Å². The number of hydrogen-bond donors (Lipinski definition) is 0. The maximum atomic E-state index is 11.5. The zero-order chi connectivity index (χ0) is 12.5. The van der Waals surface area contributed by atoms with Gasteiger partial charge in [-0.25, -0.2) is 4.98 Å². The first kappa shape index (κ1) is 11.9. The van der Waals surface area contributed by atoms with Crippen LogP contribution in [0.15, 0.2) is 29.6 Å². The van der Waals surface area contributed by atoms with Gasteiger partial charge in [-0.1, -0.05) is 24.3 Å². The minimum absolute atomic E-state index is 0.00800. The van der Waals surface area contributed by atoms with Crippen molar-refractivity contribution in [3.8, 4) is 0 Å². The molecule has 0 spiro atoms. The predicted octanol–water partition coefficient (Wildman–Crippen LogP) is 3.45. The second kappa shape index (κ2) is 4.82. The minimum Gasteiger partial charge on any atom is -0.291 e. The molecule has 92 valence electrons. The van der Waals surface area contributed by atoms with Gasteiger partial charge in [-0.15, -0.1) is 22.9 Å². The SMILES string of the molecule is O=C(CCl)c1csc(C2Cc3ccccc3C2)n1. The van der Waals surface area contributed by atoms with Gasteiger partial charge in [-0.3, -0.25) is 4.79 Å². The summed E-state index contributed by atoms with van der Waals surface area (Å²) >= 11 is 7.11. The Hall–Kier alpha value is -1.19. The van der Waals surface area contributed by atoms with Crippen molar-refractivity contribution in [2.24, 2.45) is 0 Å². The first-order valence-electron chi connectivity index (χ1n) is 5.89. The zero-order valence-corrected chi connectivity index (χ0v) is 11.3. The average molecular weight is 278 g/mol. The average Bonchev–Trinajstić information content (AvgIpc) is 3.03. The van der Waals surface area contributed by atoms with Gasteiger partial charge in [-0.05, 0) is 24.0 Å². The van der Waals surface area contributed by atoms with E-state index in [4.69, 9.17) is 11.6 Å². The van der Waals surface area contributed by atoms with Gasteiger partial charge in [-0.2, -0.15) is 0 Å². The minimum atomic E-state index is -0.0883.